The van der Waals surface area contributed by atoms with Crippen LogP contribution < -0.4 is 16.2 Å². The summed E-state index contributed by atoms with van der Waals surface area (Å²) in [7, 11) is 0. The number of thioether (sulfide) groups is 1. The van der Waals surface area contributed by atoms with E-state index in [1.54, 1.807) is 18.3 Å². The van der Waals surface area contributed by atoms with Gasteiger partial charge in [-0.1, -0.05) is 17.8 Å². The summed E-state index contributed by atoms with van der Waals surface area (Å²) in [5.74, 6) is 0.666. The lowest BCUT2D eigenvalue weighted by Crippen LogP contribution is -2.42. The molecular weight excluding hydrogens is 254 g/mol. The van der Waals surface area contributed by atoms with Gasteiger partial charge in [0, 0.05) is 18.3 Å². The molecule has 0 aromatic carbocycles. The van der Waals surface area contributed by atoms with Crippen LogP contribution in [0.5, 0.6) is 0 Å². The van der Waals surface area contributed by atoms with Gasteiger partial charge in [-0.15, -0.1) is 6.58 Å². The number of hydrogen-bond donors (Lipinski definition) is 3. The van der Waals surface area contributed by atoms with Crippen LogP contribution in [0.15, 0.2) is 30.1 Å². The van der Waals surface area contributed by atoms with E-state index in [-0.39, 0.29) is 6.04 Å². The quantitative estimate of drug-likeness (QED) is 0.246. The van der Waals surface area contributed by atoms with E-state index in [4.69, 9.17) is 12.2 Å². The first-order valence-corrected chi connectivity index (χ1v) is 6.61. The highest BCUT2D eigenvalue weighted by Gasteiger charge is 2.00. The zero-order chi connectivity index (χ0) is 12.7. The molecule has 0 amide bonds. The molecule has 17 heavy (non-hydrogen) atoms. The summed E-state index contributed by atoms with van der Waals surface area (Å²) < 4.78 is 0. The average molecular weight is 269 g/mol. The molecule has 0 aliphatic rings. The van der Waals surface area contributed by atoms with E-state index in [1.165, 1.54) is 11.8 Å². The molecule has 0 saturated carbocycles. The Bertz CT molecular complexity index is 396. The minimum Gasteiger partial charge on any atom is -0.355 e. The highest BCUT2D eigenvalue weighted by atomic mass is 32.2. The van der Waals surface area contributed by atoms with Crippen LogP contribution in [0.2, 0.25) is 0 Å². The normalized spacial score (nSPS) is 11.4. The van der Waals surface area contributed by atoms with Crippen molar-refractivity contribution >= 4 is 34.9 Å². The molecule has 0 spiro atoms. The molecule has 1 heterocycles. The molecule has 92 valence electrons. The number of hydrogen-bond acceptors (Lipinski definition) is 5. The Balaban J connectivity index is 2.44. The zero-order valence-electron chi connectivity index (χ0n) is 9.73. The summed E-state index contributed by atoms with van der Waals surface area (Å²) in [6.45, 7) is 5.62. The molecule has 0 radical (unpaired) electrons. The topological polar surface area (TPSA) is 61.9 Å². The SMILES string of the molecule is C=CC(C)NC(=S)NNc1ccnc(SC)n1. The summed E-state index contributed by atoms with van der Waals surface area (Å²) in [4.78, 5) is 8.30. The monoisotopic (exact) mass is 269 g/mol. The Morgan fingerprint density at radius 3 is 3.06 bits per heavy atom. The molecule has 0 aliphatic heterocycles. The molecule has 0 aliphatic carbocycles. The van der Waals surface area contributed by atoms with Crippen LogP contribution in [0.25, 0.3) is 0 Å². The first-order chi connectivity index (χ1) is 8.15. The summed E-state index contributed by atoms with van der Waals surface area (Å²) in [6, 6.07) is 1.87. The maximum absolute atomic E-state index is 5.08. The largest absolute Gasteiger partial charge is 0.355 e. The number of aromatic nitrogens is 2. The average Bonchev–Trinajstić information content (AvgIpc) is 2.36. The van der Waals surface area contributed by atoms with Crippen molar-refractivity contribution < 1.29 is 0 Å². The van der Waals surface area contributed by atoms with E-state index in [0.717, 1.165) is 0 Å². The third-order valence-electron chi connectivity index (χ3n) is 1.83. The summed E-state index contributed by atoms with van der Waals surface area (Å²) in [5, 5.41) is 4.21. The molecule has 0 bridgehead atoms. The second kappa shape index (κ2) is 7.08. The molecule has 1 atom stereocenters. The standard InChI is InChI=1S/C10H15N5S2/c1-4-7(2)12-9(16)15-14-8-5-6-11-10(13-8)17-3/h4-7H,1H2,2-3H3,(H,11,13,14)(H2,12,15,16). The third-order valence-corrected chi connectivity index (χ3v) is 2.61. The first-order valence-electron chi connectivity index (χ1n) is 4.98. The van der Waals surface area contributed by atoms with Gasteiger partial charge in [0.2, 0.25) is 0 Å². The fourth-order valence-electron chi connectivity index (χ4n) is 0.931. The lowest BCUT2D eigenvalue weighted by Gasteiger charge is -2.14. The van der Waals surface area contributed by atoms with E-state index >= 15 is 0 Å². The number of thiocarbonyl (C=S) groups is 1. The van der Waals surface area contributed by atoms with Gasteiger partial charge in [0.05, 0.1) is 0 Å². The third kappa shape index (κ3) is 5.01. The van der Waals surface area contributed by atoms with E-state index < -0.39 is 0 Å². The van der Waals surface area contributed by atoms with E-state index in [0.29, 0.717) is 16.1 Å². The van der Waals surface area contributed by atoms with Crippen LogP contribution in [0, 0.1) is 0 Å². The summed E-state index contributed by atoms with van der Waals surface area (Å²) in [6.07, 6.45) is 5.38. The van der Waals surface area contributed by atoms with Gasteiger partial charge in [0.15, 0.2) is 10.3 Å². The molecule has 1 aromatic heterocycles. The van der Waals surface area contributed by atoms with Crippen molar-refractivity contribution in [3.05, 3.63) is 24.9 Å². The Hall–Kier alpha value is -1.34. The molecule has 7 heteroatoms. The molecule has 5 nitrogen and oxygen atoms in total. The van der Waals surface area contributed by atoms with Gasteiger partial charge in [0.1, 0.15) is 5.82 Å². The predicted octanol–water partition coefficient (Wildman–Crippen LogP) is 1.56. The van der Waals surface area contributed by atoms with E-state index in [2.05, 4.69) is 32.7 Å². The van der Waals surface area contributed by atoms with Crippen LogP contribution in [0.3, 0.4) is 0 Å². The van der Waals surface area contributed by atoms with E-state index in [9.17, 15) is 0 Å². The van der Waals surface area contributed by atoms with Gasteiger partial charge < -0.3 is 5.32 Å². The Kier molecular flexibility index (Phi) is 5.71. The maximum Gasteiger partial charge on any atom is 0.189 e. The van der Waals surface area contributed by atoms with Crippen molar-refractivity contribution in [1.82, 2.24) is 20.7 Å². The van der Waals surface area contributed by atoms with Crippen LogP contribution in [0.1, 0.15) is 6.92 Å². The van der Waals surface area contributed by atoms with Gasteiger partial charge in [-0.2, -0.15) is 0 Å². The Morgan fingerprint density at radius 1 is 1.65 bits per heavy atom. The van der Waals surface area contributed by atoms with Gasteiger partial charge in [-0.05, 0) is 25.4 Å². The minimum atomic E-state index is 0.115. The number of hydrazine groups is 1. The number of rotatable bonds is 5. The number of anilines is 1. The Morgan fingerprint density at radius 2 is 2.41 bits per heavy atom. The summed E-state index contributed by atoms with van der Waals surface area (Å²) in [5.41, 5.74) is 5.73. The summed E-state index contributed by atoms with van der Waals surface area (Å²) >= 11 is 6.56. The molecule has 1 unspecified atom stereocenters. The molecule has 1 aromatic rings. The van der Waals surface area contributed by atoms with Gasteiger partial charge >= 0.3 is 0 Å². The van der Waals surface area contributed by atoms with Crippen molar-refractivity contribution in [1.29, 1.82) is 0 Å². The lowest BCUT2D eigenvalue weighted by molar-refractivity contribution is 0.791. The lowest BCUT2D eigenvalue weighted by atomic mass is 10.3. The van der Waals surface area contributed by atoms with Crippen LogP contribution in [-0.4, -0.2) is 27.4 Å². The van der Waals surface area contributed by atoms with Crippen LogP contribution >= 0.6 is 24.0 Å². The Labute approximate surface area is 110 Å². The van der Waals surface area contributed by atoms with Crippen molar-refractivity contribution in [3.8, 4) is 0 Å². The first kappa shape index (κ1) is 13.7. The number of nitrogens with zero attached hydrogens (tertiary/aromatic N) is 2. The molecule has 0 saturated heterocycles. The predicted molar refractivity (Wildman–Crippen MR) is 76.0 cm³/mol. The second-order valence-electron chi connectivity index (χ2n) is 3.18. The van der Waals surface area contributed by atoms with Crippen molar-refractivity contribution in [2.24, 2.45) is 0 Å². The second-order valence-corrected chi connectivity index (χ2v) is 4.36. The maximum atomic E-state index is 5.08. The molecule has 1 rings (SSSR count). The van der Waals surface area contributed by atoms with Gasteiger partial charge in [-0.3, -0.25) is 10.9 Å². The van der Waals surface area contributed by atoms with Gasteiger partial charge in [0.25, 0.3) is 0 Å². The fraction of sp³-hybridized carbons (Fsp3) is 0.300. The molecule has 0 fully saturated rings. The zero-order valence-corrected chi connectivity index (χ0v) is 11.4. The fourth-order valence-corrected chi connectivity index (χ4v) is 1.52. The van der Waals surface area contributed by atoms with Crippen LogP contribution in [0.4, 0.5) is 5.82 Å². The smallest absolute Gasteiger partial charge is 0.189 e. The van der Waals surface area contributed by atoms with Crippen molar-refractivity contribution in [2.45, 2.75) is 18.1 Å². The van der Waals surface area contributed by atoms with Crippen molar-refractivity contribution in [2.75, 3.05) is 11.7 Å². The van der Waals surface area contributed by atoms with Crippen LogP contribution in [-0.2, 0) is 0 Å². The van der Waals surface area contributed by atoms with Crippen molar-refractivity contribution in [3.63, 3.8) is 0 Å². The number of nitrogens with one attached hydrogen (secondary N) is 3. The highest BCUT2D eigenvalue weighted by molar-refractivity contribution is 7.98. The van der Waals surface area contributed by atoms with Gasteiger partial charge in [-0.25, -0.2) is 9.97 Å². The highest BCUT2D eigenvalue weighted by Crippen LogP contribution is 2.09. The minimum absolute atomic E-state index is 0.115. The molecular formula is C10H15N5S2. The molecule has 3 N–H and O–H groups in total. The van der Waals surface area contributed by atoms with E-state index in [1.807, 2.05) is 13.2 Å².